The van der Waals surface area contributed by atoms with Crippen molar-refractivity contribution in [1.29, 1.82) is 0 Å². The Kier molecular flexibility index (Phi) is 7.71. The van der Waals surface area contributed by atoms with Crippen LogP contribution < -0.4 is 10.2 Å². The Bertz CT molecular complexity index is 1150. The van der Waals surface area contributed by atoms with Crippen LogP contribution in [-0.4, -0.2) is 87.9 Å². The molecule has 0 unspecified atom stereocenters. The molecule has 37 heavy (non-hydrogen) atoms. The second kappa shape index (κ2) is 10.8. The summed E-state index contributed by atoms with van der Waals surface area (Å²) < 4.78 is 41.4. The van der Waals surface area contributed by atoms with Crippen LogP contribution in [0.2, 0.25) is 0 Å². The van der Waals surface area contributed by atoms with E-state index in [0.29, 0.717) is 64.3 Å². The van der Waals surface area contributed by atoms with Crippen LogP contribution in [0.1, 0.15) is 41.4 Å². The van der Waals surface area contributed by atoms with Crippen LogP contribution in [0.4, 0.5) is 23.7 Å². The monoisotopic (exact) mass is 522 g/mol. The van der Waals surface area contributed by atoms with Gasteiger partial charge in [-0.15, -0.1) is 0 Å². The van der Waals surface area contributed by atoms with Crippen LogP contribution in [0.15, 0.2) is 30.5 Å². The number of aromatic nitrogens is 2. The molecule has 2 aliphatic rings. The number of anilines is 1. The Morgan fingerprint density at radius 2 is 1.73 bits per heavy atom. The van der Waals surface area contributed by atoms with E-state index in [-0.39, 0.29) is 17.6 Å². The summed E-state index contributed by atoms with van der Waals surface area (Å²) in [5.74, 6) is -1.34. The number of nitrogens with zero attached hydrogens (tertiary/aromatic N) is 5. The molecule has 10 nitrogen and oxygen atoms in total. The third-order valence-electron chi connectivity index (χ3n) is 6.70. The predicted molar refractivity (Wildman–Crippen MR) is 127 cm³/mol. The fraction of sp³-hybridized carbons (Fsp3) is 0.500. The SMILES string of the molecule is CC(=O)NC1CCN(c2cc(C(F)(F)F)ccc2CN2CCN(C(=O)n3ccc(C(=O)O)n3)CC2)CC1. The molecule has 13 heteroatoms. The molecule has 0 atom stereocenters. The molecule has 0 bridgehead atoms. The van der Waals surface area contributed by atoms with Crippen molar-refractivity contribution in [2.24, 2.45) is 0 Å². The van der Waals surface area contributed by atoms with E-state index in [4.69, 9.17) is 5.11 Å². The van der Waals surface area contributed by atoms with Crippen molar-refractivity contribution in [3.05, 3.63) is 47.3 Å². The second-order valence-corrected chi connectivity index (χ2v) is 9.30. The number of hydrogen-bond acceptors (Lipinski definition) is 6. The maximum absolute atomic E-state index is 13.5. The number of piperazine rings is 1. The first-order valence-corrected chi connectivity index (χ1v) is 12.0. The van der Waals surface area contributed by atoms with Gasteiger partial charge < -0.3 is 20.2 Å². The van der Waals surface area contributed by atoms with Gasteiger partial charge in [0.25, 0.3) is 0 Å². The van der Waals surface area contributed by atoms with Gasteiger partial charge in [0.15, 0.2) is 5.69 Å². The van der Waals surface area contributed by atoms with E-state index in [0.717, 1.165) is 16.3 Å². The summed E-state index contributed by atoms with van der Waals surface area (Å²) >= 11 is 0. The lowest BCUT2D eigenvalue weighted by molar-refractivity contribution is -0.137. The lowest BCUT2D eigenvalue weighted by atomic mass is 10.0. The molecular weight excluding hydrogens is 493 g/mol. The molecule has 4 rings (SSSR count). The highest BCUT2D eigenvalue weighted by Crippen LogP contribution is 2.35. The zero-order chi connectivity index (χ0) is 26.7. The smallest absolute Gasteiger partial charge is 0.416 e. The number of alkyl halides is 3. The highest BCUT2D eigenvalue weighted by molar-refractivity contribution is 5.86. The molecule has 2 aliphatic heterocycles. The molecule has 3 heterocycles. The van der Waals surface area contributed by atoms with Crippen molar-refractivity contribution >= 4 is 23.6 Å². The largest absolute Gasteiger partial charge is 0.476 e. The maximum Gasteiger partial charge on any atom is 0.416 e. The van der Waals surface area contributed by atoms with Gasteiger partial charge in [-0.1, -0.05) is 6.07 Å². The quantitative estimate of drug-likeness (QED) is 0.621. The molecule has 0 radical (unpaired) electrons. The summed E-state index contributed by atoms with van der Waals surface area (Å²) in [6.07, 6.45) is -1.86. The van der Waals surface area contributed by atoms with Crippen molar-refractivity contribution in [1.82, 2.24) is 24.9 Å². The molecule has 200 valence electrons. The normalized spacial score (nSPS) is 17.6. The first-order valence-electron chi connectivity index (χ1n) is 12.0. The van der Waals surface area contributed by atoms with Crippen LogP contribution in [0.5, 0.6) is 0 Å². The highest BCUT2D eigenvalue weighted by atomic mass is 19.4. The minimum atomic E-state index is -4.46. The molecule has 2 amide bonds. The summed E-state index contributed by atoms with van der Waals surface area (Å²) in [4.78, 5) is 40.6. The maximum atomic E-state index is 13.5. The van der Waals surface area contributed by atoms with E-state index in [9.17, 15) is 27.6 Å². The Balaban J connectivity index is 1.42. The number of carbonyl (C=O) groups excluding carboxylic acids is 2. The van der Waals surface area contributed by atoms with Crippen molar-refractivity contribution < 1.29 is 32.7 Å². The number of rotatable bonds is 5. The van der Waals surface area contributed by atoms with E-state index in [2.05, 4.69) is 15.3 Å². The van der Waals surface area contributed by atoms with Crippen LogP contribution >= 0.6 is 0 Å². The van der Waals surface area contributed by atoms with Gasteiger partial charge in [0, 0.05) is 70.7 Å². The van der Waals surface area contributed by atoms with E-state index < -0.39 is 23.7 Å². The van der Waals surface area contributed by atoms with Gasteiger partial charge in [0.05, 0.1) is 5.56 Å². The van der Waals surface area contributed by atoms with E-state index in [1.807, 2.05) is 4.90 Å². The number of piperidine rings is 1. The van der Waals surface area contributed by atoms with Crippen LogP contribution in [0.25, 0.3) is 0 Å². The highest BCUT2D eigenvalue weighted by Gasteiger charge is 2.33. The van der Waals surface area contributed by atoms with Gasteiger partial charge in [0.1, 0.15) is 0 Å². The molecule has 0 saturated carbocycles. The van der Waals surface area contributed by atoms with E-state index >= 15 is 0 Å². The summed E-state index contributed by atoms with van der Waals surface area (Å²) in [6, 6.07) is 4.65. The Labute approximate surface area is 211 Å². The zero-order valence-electron chi connectivity index (χ0n) is 20.4. The number of nitrogens with one attached hydrogen (secondary N) is 1. The topological polar surface area (TPSA) is 111 Å². The molecule has 2 saturated heterocycles. The van der Waals surface area contributed by atoms with Crippen LogP contribution in [0, 0.1) is 0 Å². The lowest BCUT2D eigenvalue weighted by Gasteiger charge is -2.37. The molecule has 0 spiro atoms. The molecular formula is C24H29F3N6O4. The predicted octanol–water partition coefficient (Wildman–Crippen LogP) is 2.49. The average Bonchev–Trinajstić information content (AvgIpc) is 3.35. The fourth-order valence-electron chi connectivity index (χ4n) is 4.75. The van der Waals surface area contributed by atoms with Gasteiger partial charge in [-0.05, 0) is 36.6 Å². The number of benzene rings is 1. The molecule has 2 aromatic rings. The number of hydrogen-bond donors (Lipinski definition) is 2. The van der Waals surface area contributed by atoms with Gasteiger partial charge in [-0.25, -0.2) is 9.59 Å². The standard InChI is InChI=1S/C24H29F3N6O4/c1-16(34)28-19-4-7-31(8-5-19)21-14-18(24(25,26)27)3-2-17(21)15-30-10-12-32(13-11-30)23(37)33-9-6-20(29-33)22(35)36/h2-3,6,9,14,19H,4-5,7-8,10-13,15H2,1H3,(H,28,34)(H,35,36). The minimum absolute atomic E-state index is 0.00924. The zero-order valence-corrected chi connectivity index (χ0v) is 20.4. The van der Waals surface area contributed by atoms with Gasteiger partial charge in [-0.3, -0.25) is 9.69 Å². The Morgan fingerprint density at radius 1 is 1.05 bits per heavy atom. The van der Waals surface area contributed by atoms with Gasteiger partial charge in [-0.2, -0.15) is 23.0 Å². The fourth-order valence-corrected chi connectivity index (χ4v) is 4.75. The van der Waals surface area contributed by atoms with E-state index in [1.54, 1.807) is 4.90 Å². The van der Waals surface area contributed by atoms with Crippen molar-refractivity contribution in [2.75, 3.05) is 44.2 Å². The van der Waals surface area contributed by atoms with E-state index in [1.165, 1.54) is 31.3 Å². The summed E-state index contributed by atoms with van der Waals surface area (Å²) in [5.41, 5.74) is 0.379. The van der Waals surface area contributed by atoms with Crippen molar-refractivity contribution in [2.45, 2.75) is 38.5 Å². The molecule has 2 fully saturated rings. The molecule has 0 aliphatic carbocycles. The molecule has 1 aromatic carbocycles. The average molecular weight is 523 g/mol. The van der Waals surface area contributed by atoms with Crippen LogP contribution in [-0.2, 0) is 17.5 Å². The third-order valence-corrected chi connectivity index (χ3v) is 6.70. The van der Waals surface area contributed by atoms with Gasteiger partial charge in [0.2, 0.25) is 5.91 Å². The second-order valence-electron chi connectivity index (χ2n) is 9.30. The lowest BCUT2D eigenvalue weighted by Crippen LogP contribution is -2.49. The molecule has 1 aromatic heterocycles. The molecule has 2 N–H and O–H groups in total. The van der Waals surface area contributed by atoms with Crippen molar-refractivity contribution in [3.63, 3.8) is 0 Å². The van der Waals surface area contributed by atoms with Crippen molar-refractivity contribution in [3.8, 4) is 0 Å². The van der Waals surface area contributed by atoms with Crippen LogP contribution in [0.3, 0.4) is 0 Å². The first kappa shape index (κ1) is 26.5. The summed E-state index contributed by atoms with van der Waals surface area (Å²) in [5, 5.41) is 15.7. The van der Waals surface area contributed by atoms with Gasteiger partial charge >= 0.3 is 18.2 Å². The third kappa shape index (κ3) is 6.40. The minimum Gasteiger partial charge on any atom is -0.476 e. The summed E-state index contributed by atoms with van der Waals surface area (Å²) in [6.45, 7) is 4.69. The first-order chi connectivity index (χ1) is 17.5. The Morgan fingerprint density at radius 3 is 2.30 bits per heavy atom. The number of aromatic carboxylic acids is 1. The summed E-state index contributed by atoms with van der Waals surface area (Å²) in [7, 11) is 0. The number of amides is 2. The Hall–Kier alpha value is -3.61. The number of carboxylic acids is 1. The number of carbonyl (C=O) groups is 3. The number of halogens is 3. The number of carboxylic acid groups (broad SMARTS) is 1.